The molecule has 0 spiro atoms. The van der Waals surface area contributed by atoms with E-state index in [9.17, 15) is 0 Å². The van der Waals surface area contributed by atoms with Crippen molar-refractivity contribution in [1.82, 2.24) is 19.5 Å². The van der Waals surface area contributed by atoms with Gasteiger partial charge in [0.25, 0.3) is 0 Å². The third-order valence-corrected chi connectivity index (χ3v) is 3.83. The molecule has 4 aromatic rings. The lowest BCUT2D eigenvalue weighted by molar-refractivity contribution is 1.07. The van der Waals surface area contributed by atoms with Crippen molar-refractivity contribution in [3.8, 4) is 17.1 Å². The highest BCUT2D eigenvalue weighted by molar-refractivity contribution is 6.30. The van der Waals surface area contributed by atoms with Crippen LogP contribution in [0.1, 0.15) is 0 Å². The fraction of sp³-hybridized carbons (Fsp3) is 0. The number of halogens is 1. The molecule has 0 fully saturated rings. The van der Waals surface area contributed by atoms with Gasteiger partial charge in [-0.15, -0.1) is 0 Å². The number of hydrogen-bond acceptors (Lipinski definition) is 4. The van der Waals surface area contributed by atoms with Gasteiger partial charge in [-0.25, -0.2) is 15.0 Å². The molecule has 0 aliphatic rings. The van der Waals surface area contributed by atoms with Crippen LogP contribution in [0, 0.1) is 0 Å². The van der Waals surface area contributed by atoms with Crippen LogP contribution >= 0.6 is 11.6 Å². The first-order chi connectivity index (χ1) is 11.2. The Bertz CT molecular complexity index is 991. The minimum Gasteiger partial charge on any atom is -0.383 e. The van der Waals surface area contributed by atoms with E-state index in [1.807, 2.05) is 53.1 Å². The normalized spacial score (nSPS) is 11.0. The number of nitrogens with two attached hydrogens (primary N) is 1. The zero-order valence-corrected chi connectivity index (χ0v) is 12.8. The minimum atomic E-state index is 0.429. The third kappa shape index (κ3) is 2.31. The van der Waals surface area contributed by atoms with Crippen molar-refractivity contribution >= 4 is 28.6 Å². The van der Waals surface area contributed by atoms with Gasteiger partial charge in [-0.05, 0) is 48.5 Å². The van der Waals surface area contributed by atoms with Gasteiger partial charge in [0.05, 0.1) is 5.56 Å². The van der Waals surface area contributed by atoms with Crippen LogP contribution in [0.4, 0.5) is 5.82 Å². The molecule has 2 N–H and O–H groups in total. The van der Waals surface area contributed by atoms with E-state index in [0.29, 0.717) is 16.7 Å². The minimum absolute atomic E-state index is 0.429. The lowest BCUT2D eigenvalue weighted by Crippen LogP contribution is -2.01. The summed E-state index contributed by atoms with van der Waals surface area (Å²) >= 11 is 6.00. The maximum atomic E-state index is 6.04. The number of nitrogen functional groups attached to an aromatic ring is 1. The van der Waals surface area contributed by atoms with Gasteiger partial charge >= 0.3 is 0 Å². The molecule has 23 heavy (non-hydrogen) atoms. The summed E-state index contributed by atoms with van der Waals surface area (Å²) in [4.78, 5) is 13.3. The second-order valence-electron chi connectivity index (χ2n) is 5.03. The number of benzene rings is 1. The van der Waals surface area contributed by atoms with Crippen molar-refractivity contribution in [3.63, 3.8) is 0 Å². The largest absolute Gasteiger partial charge is 0.383 e. The monoisotopic (exact) mass is 321 g/mol. The molecule has 0 amide bonds. The first-order valence-electron chi connectivity index (χ1n) is 7.04. The maximum absolute atomic E-state index is 6.04. The predicted octanol–water partition coefficient (Wildman–Crippen LogP) is 3.72. The second kappa shape index (κ2) is 5.37. The summed E-state index contributed by atoms with van der Waals surface area (Å²) < 4.78 is 1.96. The van der Waals surface area contributed by atoms with Gasteiger partial charge in [-0.1, -0.05) is 11.6 Å². The van der Waals surface area contributed by atoms with E-state index in [1.165, 1.54) is 0 Å². The Morgan fingerprint density at radius 2 is 1.65 bits per heavy atom. The molecule has 0 saturated carbocycles. The summed E-state index contributed by atoms with van der Waals surface area (Å²) in [7, 11) is 0. The number of hydrogen-bond donors (Lipinski definition) is 1. The number of anilines is 1. The molecule has 0 saturated heterocycles. The molecule has 4 rings (SSSR count). The predicted molar refractivity (Wildman–Crippen MR) is 91.5 cm³/mol. The van der Waals surface area contributed by atoms with Gasteiger partial charge in [-0.2, -0.15) is 0 Å². The number of rotatable bonds is 2. The maximum Gasteiger partial charge on any atom is 0.164 e. The lowest BCUT2D eigenvalue weighted by Gasteiger charge is -2.10. The molecule has 0 aliphatic carbocycles. The highest BCUT2D eigenvalue weighted by atomic mass is 35.5. The standard InChI is InChI=1S/C17H12ClN5/c18-11-5-7-12(8-6-11)23-16(13-3-1-9-20-15(13)19)22-14-4-2-10-21-17(14)23/h1-10H,(H2,19,20). The van der Waals surface area contributed by atoms with E-state index < -0.39 is 0 Å². The SMILES string of the molecule is Nc1ncccc1-c1nc2cccnc2n1-c1ccc(Cl)cc1. The van der Waals surface area contributed by atoms with Gasteiger partial charge < -0.3 is 5.73 Å². The Labute approximate surface area is 137 Å². The molecule has 6 heteroatoms. The molecular weight excluding hydrogens is 310 g/mol. The summed E-state index contributed by atoms with van der Waals surface area (Å²) in [5.41, 5.74) is 9.26. The molecule has 1 aromatic carbocycles. The Kier molecular flexibility index (Phi) is 3.20. The van der Waals surface area contributed by atoms with Crippen LogP contribution in [0.5, 0.6) is 0 Å². The van der Waals surface area contributed by atoms with Crippen molar-refractivity contribution in [2.24, 2.45) is 0 Å². The van der Waals surface area contributed by atoms with E-state index in [2.05, 4.69) is 9.97 Å². The Morgan fingerprint density at radius 3 is 2.43 bits per heavy atom. The molecule has 0 bridgehead atoms. The Hall–Kier alpha value is -2.92. The van der Waals surface area contributed by atoms with E-state index in [1.54, 1.807) is 12.4 Å². The topological polar surface area (TPSA) is 69.6 Å². The number of pyridine rings is 2. The third-order valence-electron chi connectivity index (χ3n) is 3.58. The van der Waals surface area contributed by atoms with Crippen molar-refractivity contribution in [2.45, 2.75) is 0 Å². The van der Waals surface area contributed by atoms with Crippen LogP contribution in [-0.4, -0.2) is 19.5 Å². The van der Waals surface area contributed by atoms with Crippen LogP contribution in [0.25, 0.3) is 28.2 Å². The summed E-state index contributed by atoms with van der Waals surface area (Å²) in [5, 5.41) is 0.675. The first-order valence-corrected chi connectivity index (χ1v) is 7.42. The average Bonchev–Trinajstić information content (AvgIpc) is 2.95. The van der Waals surface area contributed by atoms with Crippen molar-refractivity contribution in [2.75, 3.05) is 5.73 Å². The molecule has 0 unspecified atom stereocenters. The molecule has 0 atom stereocenters. The van der Waals surface area contributed by atoms with Gasteiger partial charge in [0.15, 0.2) is 11.5 Å². The highest BCUT2D eigenvalue weighted by Crippen LogP contribution is 2.30. The second-order valence-corrected chi connectivity index (χ2v) is 5.47. The van der Waals surface area contributed by atoms with Gasteiger partial charge in [0.2, 0.25) is 0 Å². The van der Waals surface area contributed by atoms with E-state index >= 15 is 0 Å². The van der Waals surface area contributed by atoms with Gasteiger partial charge in [0, 0.05) is 23.1 Å². The van der Waals surface area contributed by atoms with Crippen LogP contribution < -0.4 is 5.73 Å². The van der Waals surface area contributed by atoms with Crippen LogP contribution in [0.3, 0.4) is 0 Å². The number of imidazole rings is 1. The summed E-state index contributed by atoms with van der Waals surface area (Å²) in [6, 6.07) is 15.0. The summed E-state index contributed by atoms with van der Waals surface area (Å²) in [6.07, 6.45) is 3.40. The van der Waals surface area contributed by atoms with E-state index in [0.717, 1.165) is 22.4 Å². The molecule has 3 heterocycles. The number of fused-ring (bicyclic) bond motifs is 1. The van der Waals surface area contributed by atoms with Crippen LogP contribution in [-0.2, 0) is 0 Å². The number of aromatic nitrogens is 4. The van der Waals surface area contributed by atoms with Crippen molar-refractivity contribution < 1.29 is 0 Å². The Balaban J connectivity index is 2.06. The molecule has 112 valence electrons. The summed E-state index contributed by atoms with van der Waals surface area (Å²) in [6.45, 7) is 0. The molecule has 0 aliphatic heterocycles. The van der Waals surface area contributed by atoms with Crippen molar-refractivity contribution in [3.05, 3.63) is 65.9 Å². The fourth-order valence-corrected chi connectivity index (χ4v) is 2.66. The average molecular weight is 322 g/mol. The van der Waals surface area contributed by atoms with E-state index in [-0.39, 0.29) is 0 Å². The van der Waals surface area contributed by atoms with Crippen LogP contribution in [0.15, 0.2) is 60.9 Å². The quantitative estimate of drug-likeness (QED) is 0.611. The number of nitrogens with zero attached hydrogens (tertiary/aromatic N) is 4. The van der Waals surface area contributed by atoms with E-state index in [4.69, 9.17) is 22.3 Å². The van der Waals surface area contributed by atoms with Crippen LogP contribution in [0.2, 0.25) is 5.02 Å². The summed E-state index contributed by atoms with van der Waals surface area (Å²) in [5.74, 6) is 1.13. The van der Waals surface area contributed by atoms with Crippen molar-refractivity contribution in [1.29, 1.82) is 0 Å². The first kappa shape index (κ1) is 13.7. The van der Waals surface area contributed by atoms with Gasteiger partial charge in [0.1, 0.15) is 11.3 Å². The fourth-order valence-electron chi connectivity index (χ4n) is 2.53. The Morgan fingerprint density at radius 1 is 0.913 bits per heavy atom. The van der Waals surface area contributed by atoms with Gasteiger partial charge in [-0.3, -0.25) is 4.57 Å². The zero-order chi connectivity index (χ0) is 15.8. The molecular formula is C17H12ClN5. The smallest absolute Gasteiger partial charge is 0.164 e. The highest BCUT2D eigenvalue weighted by Gasteiger charge is 2.17. The molecule has 0 radical (unpaired) electrons. The zero-order valence-electron chi connectivity index (χ0n) is 12.0. The molecule has 3 aromatic heterocycles. The lowest BCUT2D eigenvalue weighted by atomic mass is 10.2. The molecule has 5 nitrogen and oxygen atoms in total.